The van der Waals surface area contributed by atoms with Crippen molar-refractivity contribution in [2.75, 3.05) is 0 Å². The molecule has 2 heteroatoms. The van der Waals surface area contributed by atoms with Crippen LogP contribution in [0.15, 0.2) is 0 Å². The molecule has 1 atom stereocenters. The highest BCUT2D eigenvalue weighted by Gasteiger charge is 2.02. The summed E-state index contributed by atoms with van der Waals surface area (Å²) in [5, 5.41) is 2.95. The summed E-state index contributed by atoms with van der Waals surface area (Å²) < 4.78 is 0. The fraction of sp³-hybridized carbons (Fsp3) is 0.947. The SMILES string of the molecule is CCCCCCCCCCCCCCCC(C)NC(C)=O. The van der Waals surface area contributed by atoms with Crippen LogP contribution < -0.4 is 5.32 Å². The third kappa shape index (κ3) is 17.4. The number of amides is 1. The molecule has 1 amide bonds. The average molecular weight is 298 g/mol. The molecule has 0 aromatic carbocycles. The summed E-state index contributed by atoms with van der Waals surface area (Å²) in [5.41, 5.74) is 0. The van der Waals surface area contributed by atoms with Crippen molar-refractivity contribution in [2.45, 2.75) is 117 Å². The standard InChI is InChI=1S/C19H39NO/c1-4-5-6-7-8-9-10-11-12-13-14-15-16-17-18(2)20-19(3)21/h18H,4-17H2,1-3H3,(H,20,21). The van der Waals surface area contributed by atoms with Crippen LogP contribution in [0.2, 0.25) is 0 Å². The van der Waals surface area contributed by atoms with Crippen molar-refractivity contribution >= 4 is 5.91 Å². The highest BCUT2D eigenvalue weighted by atomic mass is 16.1. The topological polar surface area (TPSA) is 29.1 Å². The Labute approximate surface area is 133 Å². The normalized spacial score (nSPS) is 12.3. The van der Waals surface area contributed by atoms with Gasteiger partial charge in [0.1, 0.15) is 0 Å². The van der Waals surface area contributed by atoms with Crippen LogP contribution in [-0.4, -0.2) is 11.9 Å². The van der Waals surface area contributed by atoms with Gasteiger partial charge >= 0.3 is 0 Å². The van der Waals surface area contributed by atoms with Crippen molar-refractivity contribution in [1.82, 2.24) is 5.32 Å². The smallest absolute Gasteiger partial charge is 0.217 e. The molecule has 0 aromatic heterocycles. The summed E-state index contributed by atoms with van der Waals surface area (Å²) in [6.45, 7) is 5.97. The summed E-state index contributed by atoms with van der Waals surface area (Å²) >= 11 is 0. The number of hydrogen-bond acceptors (Lipinski definition) is 1. The van der Waals surface area contributed by atoms with E-state index in [0.717, 1.165) is 6.42 Å². The van der Waals surface area contributed by atoms with Crippen LogP contribution in [0.4, 0.5) is 0 Å². The Hall–Kier alpha value is -0.530. The van der Waals surface area contributed by atoms with Crippen LogP contribution in [0.25, 0.3) is 0 Å². The van der Waals surface area contributed by atoms with Gasteiger partial charge in [0.2, 0.25) is 5.91 Å². The van der Waals surface area contributed by atoms with E-state index in [4.69, 9.17) is 0 Å². The van der Waals surface area contributed by atoms with Crippen molar-refractivity contribution in [3.63, 3.8) is 0 Å². The highest BCUT2D eigenvalue weighted by Crippen LogP contribution is 2.13. The monoisotopic (exact) mass is 297 g/mol. The van der Waals surface area contributed by atoms with Crippen molar-refractivity contribution in [3.8, 4) is 0 Å². The fourth-order valence-electron chi connectivity index (χ4n) is 2.89. The number of carbonyl (C=O) groups is 1. The molecule has 1 unspecified atom stereocenters. The third-order valence-corrected chi connectivity index (χ3v) is 4.19. The Bertz CT molecular complexity index is 228. The zero-order valence-electron chi connectivity index (χ0n) is 14.9. The van der Waals surface area contributed by atoms with Gasteiger partial charge < -0.3 is 5.32 Å². The maximum absolute atomic E-state index is 10.9. The Balaban J connectivity index is 3.07. The molecule has 0 saturated heterocycles. The maximum atomic E-state index is 10.9. The molecular weight excluding hydrogens is 258 g/mol. The summed E-state index contributed by atoms with van der Waals surface area (Å²) in [6, 6.07) is 0.343. The highest BCUT2D eigenvalue weighted by molar-refractivity contribution is 5.73. The molecule has 0 rings (SSSR count). The van der Waals surface area contributed by atoms with Crippen LogP contribution in [0.3, 0.4) is 0 Å². The second-order valence-electron chi connectivity index (χ2n) is 6.63. The van der Waals surface area contributed by atoms with E-state index in [1.54, 1.807) is 6.92 Å². The van der Waals surface area contributed by atoms with Gasteiger partial charge in [0.15, 0.2) is 0 Å². The molecule has 21 heavy (non-hydrogen) atoms. The van der Waals surface area contributed by atoms with Gasteiger partial charge in [-0.25, -0.2) is 0 Å². The molecule has 1 N–H and O–H groups in total. The minimum absolute atomic E-state index is 0.0946. The summed E-state index contributed by atoms with van der Waals surface area (Å²) in [4.78, 5) is 10.9. The summed E-state index contributed by atoms with van der Waals surface area (Å²) in [6.07, 6.45) is 19.3. The Morgan fingerprint density at radius 1 is 0.762 bits per heavy atom. The Kier molecular flexibility index (Phi) is 15.5. The second-order valence-corrected chi connectivity index (χ2v) is 6.63. The fourth-order valence-corrected chi connectivity index (χ4v) is 2.89. The number of rotatable bonds is 15. The van der Waals surface area contributed by atoms with Crippen LogP contribution >= 0.6 is 0 Å². The molecule has 0 radical (unpaired) electrons. The van der Waals surface area contributed by atoms with Crippen LogP contribution in [-0.2, 0) is 4.79 Å². The molecule has 0 aromatic rings. The third-order valence-electron chi connectivity index (χ3n) is 4.19. The first-order valence-corrected chi connectivity index (χ1v) is 9.44. The minimum Gasteiger partial charge on any atom is -0.354 e. The lowest BCUT2D eigenvalue weighted by Gasteiger charge is -2.11. The van der Waals surface area contributed by atoms with Gasteiger partial charge in [0, 0.05) is 13.0 Å². The molecule has 0 saturated carbocycles. The van der Waals surface area contributed by atoms with Gasteiger partial charge in [0.05, 0.1) is 0 Å². The van der Waals surface area contributed by atoms with Crippen molar-refractivity contribution in [1.29, 1.82) is 0 Å². The van der Waals surface area contributed by atoms with E-state index in [1.165, 1.54) is 83.5 Å². The first kappa shape index (κ1) is 20.5. The maximum Gasteiger partial charge on any atom is 0.217 e. The van der Waals surface area contributed by atoms with Gasteiger partial charge in [-0.15, -0.1) is 0 Å². The lowest BCUT2D eigenvalue weighted by Crippen LogP contribution is -2.30. The average Bonchev–Trinajstić information content (AvgIpc) is 2.43. The Morgan fingerprint density at radius 3 is 1.52 bits per heavy atom. The van der Waals surface area contributed by atoms with Gasteiger partial charge in [-0.1, -0.05) is 90.4 Å². The second kappa shape index (κ2) is 15.9. The van der Waals surface area contributed by atoms with Crippen molar-refractivity contribution in [2.24, 2.45) is 0 Å². The van der Waals surface area contributed by atoms with E-state index < -0.39 is 0 Å². The molecule has 126 valence electrons. The van der Waals surface area contributed by atoms with E-state index in [2.05, 4.69) is 19.2 Å². The lowest BCUT2D eigenvalue weighted by molar-refractivity contribution is -0.119. The molecule has 0 aliphatic rings. The molecule has 0 fully saturated rings. The molecule has 0 heterocycles. The Morgan fingerprint density at radius 2 is 1.14 bits per heavy atom. The van der Waals surface area contributed by atoms with E-state index in [9.17, 15) is 4.79 Å². The summed E-state index contributed by atoms with van der Waals surface area (Å²) in [7, 11) is 0. The quantitative estimate of drug-likeness (QED) is 0.369. The molecule has 0 aliphatic carbocycles. The van der Waals surface area contributed by atoms with E-state index in [-0.39, 0.29) is 5.91 Å². The van der Waals surface area contributed by atoms with Crippen molar-refractivity contribution < 1.29 is 4.79 Å². The minimum atomic E-state index is 0.0946. The molecule has 2 nitrogen and oxygen atoms in total. The predicted octanol–water partition coefficient (Wildman–Crippen LogP) is 5.99. The van der Waals surface area contributed by atoms with E-state index in [1.807, 2.05) is 0 Å². The number of hydrogen-bond donors (Lipinski definition) is 1. The molecule has 0 bridgehead atoms. The van der Waals surface area contributed by atoms with Gasteiger partial charge in [-0.3, -0.25) is 4.79 Å². The molecule has 0 spiro atoms. The van der Waals surface area contributed by atoms with Crippen LogP contribution in [0.5, 0.6) is 0 Å². The zero-order chi connectivity index (χ0) is 15.8. The molecule has 0 aliphatic heterocycles. The number of carbonyl (C=O) groups excluding carboxylic acids is 1. The predicted molar refractivity (Wildman–Crippen MR) is 93.6 cm³/mol. The van der Waals surface area contributed by atoms with Crippen LogP contribution in [0, 0.1) is 0 Å². The van der Waals surface area contributed by atoms with Crippen LogP contribution in [0.1, 0.15) is 111 Å². The number of unbranched alkanes of at least 4 members (excludes halogenated alkanes) is 12. The zero-order valence-corrected chi connectivity index (χ0v) is 14.9. The van der Waals surface area contributed by atoms with Gasteiger partial charge in [-0.05, 0) is 13.3 Å². The van der Waals surface area contributed by atoms with Gasteiger partial charge in [-0.2, -0.15) is 0 Å². The largest absolute Gasteiger partial charge is 0.354 e. The van der Waals surface area contributed by atoms with Crippen molar-refractivity contribution in [3.05, 3.63) is 0 Å². The first-order valence-electron chi connectivity index (χ1n) is 9.44. The first-order chi connectivity index (χ1) is 10.2. The lowest BCUT2D eigenvalue weighted by atomic mass is 10.0. The molecular formula is C19H39NO. The summed E-state index contributed by atoms with van der Waals surface area (Å²) in [5.74, 6) is 0.0946. The van der Waals surface area contributed by atoms with E-state index in [0.29, 0.717) is 6.04 Å². The number of nitrogens with one attached hydrogen (secondary N) is 1. The van der Waals surface area contributed by atoms with Gasteiger partial charge in [0.25, 0.3) is 0 Å². The van der Waals surface area contributed by atoms with E-state index >= 15 is 0 Å².